The van der Waals surface area contributed by atoms with Crippen molar-refractivity contribution < 1.29 is 14.0 Å². The van der Waals surface area contributed by atoms with Crippen molar-refractivity contribution in [1.82, 2.24) is 20.0 Å². The van der Waals surface area contributed by atoms with Crippen molar-refractivity contribution in [1.29, 1.82) is 0 Å². The van der Waals surface area contributed by atoms with Gasteiger partial charge in [0.25, 0.3) is 0 Å². The first-order valence-corrected chi connectivity index (χ1v) is 15.5. The summed E-state index contributed by atoms with van der Waals surface area (Å²) in [5.41, 5.74) is 3.03. The average molecular weight is 526 g/mol. The minimum atomic E-state index is -0.569. The zero-order valence-electron chi connectivity index (χ0n) is 22.4. The van der Waals surface area contributed by atoms with E-state index in [2.05, 4.69) is 35.2 Å². The van der Waals surface area contributed by atoms with Gasteiger partial charge < -0.3 is 23.8 Å². The van der Waals surface area contributed by atoms with Gasteiger partial charge in [0.15, 0.2) is 23.1 Å². The monoisotopic (exact) mass is 525 g/mol. The van der Waals surface area contributed by atoms with Crippen molar-refractivity contribution in [2.45, 2.75) is 99.4 Å². The molecular weight excluding hydrogens is 486 g/mol. The fraction of sp³-hybridized carbons (Fsp3) is 0.750. The Bertz CT molecular complexity index is 1180. The van der Waals surface area contributed by atoms with E-state index in [1.54, 1.807) is 11.8 Å². The van der Waals surface area contributed by atoms with Crippen LogP contribution in [0, 0.1) is 0 Å². The lowest BCUT2D eigenvalue weighted by molar-refractivity contribution is -0.235. The Hall–Kier alpha value is -1.68. The summed E-state index contributed by atoms with van der Waals surface area (Å²) in [4.78, 5) is 15.3. The molecule has 2 spiro atoms. The van der Waals surface area contributed by atoms with Crippen LogP contribution in [0.15, 0.2) is 9.55 Å². The van der Waals surface area contributed by atoms with Crippen molar-refractivity contribution in [3.8, 4) is 11.5 Å². The Balaban J connectivity index is 1.30. The summed E-state index contributed by atoms with van der Waals surface area (Å²) >= 11 is 1.72. The summed E-state index contributed by atoms with van der Waals surface area (Å²) in [6.45, 7) is 5.88. The molecule has 2 aromatic rings. The van der Waals surface area contributed by atoms with Crippen molar-refractivity contribution in [2.24, 2.45) is 0 Å². The van der Waals surface area contributed by atoms with E-state index in [0.717, 1.165) is 73.8 Å². The van der Waals surface area contributed by atoms with Crippen molar-refractivity contribution >= 4 is 17.6 Å². The summed E-state index contributed by atoms with van der Waals surface area (Å²) in [5, 5.41) is 5.76. The predicted molar refractivity (Wildman–Crippen MR) is 143 cm³/mol. The Kier molecular flexibility index (Phi) is 6.07. The quantitative estimate of drug-likeness (QED) is 0.421. The van der Waals surface area contributed by atoms with Crippen LogP contribution in [0.25, 0.3) is 11.5 Å². The van der Waals surface area contributed by atoms with Crippen molar-refractivity contribution in [2.75, 3.05) is 44.5 Å². The fourth-order valence-corrected chi connectivity index (χ4v) is 8.75. The molecule has 7 rings (SSSR count). The van der Waals surface area contributed by atoms with Crippen LogP contribution < -0.4 is 4.90 Å². The minimum Gasteiger partial charge on any atom is -0.360 e. The van der Waals surface area contributed by atoms with Crippen LogP contribution in [0.1, 0.15) is 75.2 Å². The van der Waals surface area contributed by atoms with E-state index >= 15 is 0 Å². The highest BCUT2D eigenvalue weighted by molar-refractivity contribution is 7.98. The van der Waals surface area contributed by atoms with Gasteiger partial charge in [-0.05, 0) is 78.1 Å². The molecule has 9 heteroatoms. The first kappa shape index (κ1) is 24.4. The number of hydrogen-bond acceptors (Lipinski definition) is 9. The number of anilines is 1. The van der Waals surface area contributed by atoms with E-state index in [0.29, 0.717) is 31.1 Å². The number of nitrogens with zero attached hydrogens (tertiary/aromatic N) is 5. The van der Waals surface area contributed by atoms with E-state index in [9.17, 15) is 0 Å². The molecule has 0 bridgehead atoms. The first-order valence-electron chi connectivity index (χ1n) is 14.3. The van der Waals surface area contributed by atoms with Gasteiger partial charge in [0, 0.05) is 36.2 Å². The van der Waals surface area contributed by atoms with Crippen LogP contribution >= 0.6 is 11.8 Å². The number of rotatable bonds is 4. The van der Waals surface area contributed by atoms with Gasteiger partial charge in [0.1, 0.15) is 10.8 Å². The normalized spacial score (nSPS) is 29.8. The number of likely N-dealkylation sites (N-methyl/N-ethyl adjacent to an activating group) is 1. The second kappa shape index (κ2) is 9.21. The van der Waals surface area contributed by atoms with Crippen LogP contribution in [0.4, 0.5) is 5.82 Å². The molecule has 200 valence electrons. The average Bonchev–Trinajstić information content (AvgIpc) is 3.72. The van der Waals surface area contributed by atoms with Crippen LogP contribution in [-0.4, -0.2) is 77.5 Å². The third kappa shape index (κ3) is 3.56. The molecule has 1 unspecified atom stereocenters. The molecule has 1 saturated carbocycles. The van der Waals surface area contributed by atoms with Crippen molar-refractivity contribution in [3.05, 3.63) is 16.9 Å². The van der Waals surface area contributed by atoms with E-state index in [-0.39, 0.29) is 5.41 Å². The predicted octanol–water partition coefficient (Wildman–Crippen LogP) is 4.59. The van der Waals surface area contributed by atoms with Gasteiger partial charge in [-0.3, -0.25) is 0 Å². The molecule has 3 atom stereocenters. The van der Waals surface area contributed by atoms with Crippen LogP contribution in [0.3, 0.4) is 0 Å². The second-order valence-electron chi connectivity index (χ2n) is 11.7. The van der Waals surface area contributed by atoms with E-state index in [1.807, 2.05) is 0 Å². The lowest BCUT2D eigenvalue weighted by Gasteiger charge is -2.50. The molecule has 3 fully saturated rings. The zero-order valence-corrected chi connectivity index (χ0v) is 23.2. The Morgan fingerprint density at radius 2 is 1.78 bits per heavy atom. The van der Waals surface area contributed by atoms with Crippen LogP contribution in [0.5, 0.6) is 0 Å². The number of ether oxygens (including phenoxy) is 2. The number of fused-ring (bicyclic) bond motifs is 4. The molecule has 8 nitrogen and oxygen atoms in total. The van der Waals surface area contributed by atoms with Gasteiger partial charge in [-0.15, -0.1) is 11.8 Å². The highest BCUT2D eigenvalue weighted by Crippen LogP contribution is 2.57. The molecule has 2 aromatic heterocycles. The molecule has 2 saturated heterocycles. The third-order valence-electron chi connectivity index (χ3n) is 9.95. The lowest BCUT2D eigenvalue weighted by Crippen LogP contribution is -2.56. The largest absolute Gasteiger partial charge is 0.360 e. The smallest absolute Gasteiger partial charge is 0.185 e. The highest BCUT2D eigenvalue weighted by atomic mass is 32.2. The Morgan fingerprint density at radius 1 is 0.973 bits per heavy atom. The number of hydrogen-bond donors (Lipinski definition) is 0. The van der Waals surface area contributed by atoms with Gasteiger partial charge in [0.2, 0.25) is 0 Å². The summed E-state index contributed by atoms with van der Waals surface area (Å²) < 4.78 is 19.0. The molecular formula is C28H39N5O3S. The Labute approximate surface area is 223 Å². The van der Waals surface area contributed by atoms with Gasteiger partial charge in [-0.1, -0.05) is 11.6 Å². The maximum absolute atomic E-state index is 6.39. The third-order valence-corrected chi connectivity index (χ3v) is 10.7. The van der Waals surface area contributed by atoms with Gasteiger partial charge in [-0.25, -0.2) is 9.97 Å². The van der Waals surface area contributed by atoms with Gasteiger partial charge >= 0.3 is 0 Å². The minimum absolute atomic E-state index is 0.257. The zero-order chi connectivity index (χ0) is 25.2. The first-order chi connectivity index (χ1) is 18.1. The maximum Gasteiger partial charge on any atom is 0.185 e. The molecule has 0 radical (unpaired) electrons. The summed E-state index contributed by atoms with van der Waals surface area (Å²) in [6, 6.07) is 0.982. The van der Waals surface area contributed by atoms with Gasteiger partial charge in [-0.2, -0.15) is 0 Å². The molecule has 5 heterocycles. The molecule has 0 aromatic carbocycles. The second-order valence-corrected chi connectivity index (χ2v) is 12.5. The Morgan fingerprint density at radius 3 is 2.57 bits per heavy atom. The molecule has 2 aliphatic carbocycles. The van der Waals surface area contributed by atoms with E-state index < -0.39 is 5.79 Å². The molecule has 0 amide bonds. The number of thioether (sulfide) groups is 1. The SMILES string of the molecule is CSc1nc(-c2noc3c2CCC[C@@]32CCCCC23OCCO3)nc2c1CCN2C(C)[C@@H]1CCCN1C. The maximum atomic E-state index is 6.39. The number of likely N-dealkylation sites (tertiary alicyclic amines) is 1. The highest BCUT2D eigenvalue weighted by Gasteiger charge is 2.61. The van der Waals surface area contributed by atoms with E-state index in [4.69, 9.17) is 24.0 Å². The molecule has 5 aliphatic rings. The van der Waals surface area contributed by atoms with Crippen LogP contribution in [0.2, 0.25) is 0 Å². The summed E-state index contributed by atoms with van der Waals surface area (Å²) in [6.07, 6.45) is 12.9. The summed E-state index contributed by atoms with van der Waals surface area (Å²) in [5.74, 6) is 2.21. The fourth-order valence-electron chi connectivity index (χ4n) is 8.14. The standard InChI is InChI=1S/C28H39N5O3S/c1-18(21-9-7-14-32(21)2)33-15-10-20-25(33)29-24(30-26(20)37-3)22-19-8-6-12-27(23(19)36-31-22)11-4-5-13-28(27)34-16-17-35-28/h18,21H,4-17H2,1-3H3/t18?,21-,27-/m0/s1. The summed E-state index contributed by atoms with van der Waals surface area (Å²) in [7, 11) is 2.26. The molecule has 0 N–H and O–H groups in total. The van der Waals surface area contributed by atoms with Crippen molar-refractivity contribution in [3.63, 3.8) is 0 Å². The van der Waals surface area contributed by atoms with Crippen LogP contribution in [-0.2, 0) is 27.7 Å². The molecule has 3 aliphatic heterocycles. The molecule has 37 heavy (non-hydrogen) atoms. The topological polar surface area (TPSA) is 76.8 Å². The van der Waals surface area contributed by atoms with E-state index in [1.165, 1.54) is 36.9 Å². The number of aromatic nitrogens is 3. The van der Waals surface area contributed by atoms with Gasteiger partial charge in [0.05, 0.1) is 18.6 Å². The lowest BCUT2D eigenvalue weighted by atomic mass is 9.61.